The molecule has 4 nitrogen and oxygen atoms in total. The molecule has 0 fully saturated rings. The largest absolute Gasteiger partial charge is 0.444 e. The molecule has 0 aliphatic rings. The Kier molecular flexibility index (Phi) is 4.30. The lowest BCUT2D eigenvalue weighted by atomic mass is 10.2. The van der Waals surface area contributed by atoms with Crippen molar-refractivity contribution < 1.29 is 13.9 Å². The second-order valence-corrected chi connectivity index (χ2v) is 4.06. The minimum absolute atomic E-state index is 0.0712. The average molecular weight is 281 g/mol. The van der Waals surface area contributed by atoms with Gasteiger partial charge < -0.3 is 4.74 Å². The molecule has 0 spiro atoms. The molecule has 2 rings (SSSR count). The molecular formula is C13H10ClFN2O2. The smallest absolute Gasteiger partial charge is 0.412 e. The third-order valence-corrected chi connectivity index (χ3v) is 2.48. The van der Waals surface area contributed by atoms with Gasteiger partial charge in [0.05, 0.1) is 11.9 Å². The van der Waals surface area contributed by atoms with Crippen LogP contribution in [0.3, 0.4) is 0 Å². The lowest BCUT2D eigenvalue weighted by molar-refractivity contribution is 0.155. The lowest BCUT2D eigenvalue weighted by Crippen LogP contribution is -2.14. The highest BCUT2D eigenvalue weighted by Crippen LogP contribution is 2.17. The van der Waals surface area contributed by atoms with Crippen molar-refractivity contribution >= 4 is 23.4 Å². The van der Waals surface area contributed by atoms with E-state index in [1.807, 2.05) is 30.3 Å². The number of amides is 1. The van der Waals surface area contributed by atoms with Crippen LogP contribution in [-0.4, -0.2) is 11.1 Å². The van der Waals surface area contributed by atoms with Crippen molar-refractivity contribution in [1.29, 1.82) is 0 Å². The Morgan fingerprint density at radius 3 is 2.84 bits per heavy atom. The molecule has 0 saturated carbocycles. The molecule has 0 aliphatic heterocycles. The third kappa shape index (κ3) is 3.93. The SMILES string of the molecule is O=C(Nc1cc(Cl)ncc1F)OCc1ccccc1. The molecule has 1 heterocycles. The van der Waals surface area contributed by atoms with E-state index >= 15 is 0 Å². The third-order valence-electron chi connectivity index (χ3n) is 2.27. The van der Waals surface area contributed by atoms with Crippen molar-refractivity contribution in [2.75, 3.05) is 5.32 Å². The van der Waals surface area contributed by atoms with Gasteiger partial charge in [-0.2, -0.15) is 0 Å². The maximum atomic E-state index is 13.3. The first-order valence-electron chi connectivity index (χ1n) is 5.44. The predicted octanol–water partition coefficient (Wildman–Crippen LogP) is 3.62. The number of aromatic nitrogens is 1. The van der Waals surface area contributed by atoms with Gasteiger partial charge in [-0.1, -0.05) is 41.9 Å². The maximum absolute atomic E-state index is 13.3. The van der Waals surface area contributed by atoms with Crippen LogP contribution < -0.4 is 5.32 Å². The van der Waals surface area contributed by atoms with Crippen molar-refractivity contribution in [3.05, 3.63) is 59.1 Å². The number of anilines is 1. The summed E-state index contributed by atoms with van der Waals surface area (Å²) in [5.74, 6) is -0.680. The summed E-state index contributed by atoms with van der Waals surface area (Å²) in [4.78, 5) is 15.0. The first kappa shape index (κ1) is 13.3. The van der Waals surface area contributed by atoms with Crippen LogP contribution in [-0.2, 0) is 11.3 Å². The van der Waals surface area contributed by atoms with Crippen molar-refractivity contribution in [2.45, 2.75) is 6.61 Å². The van der Waals surface area contributed by atoms with E-state index in [1.165, 1.54) is 6.07 Å². The highest BCUT2D eigenvalue weighted by atomic mass is 35.5. The van der Waals surface area contributed by atoms with Crippen molar-refractivity contribution in [1.82, 2.24) is 4.98 Å². The zero-order valence-electron chi connectivity index (χ0n) is 9.77. The maximum Gasteiger partial charge on any atom is 0.412 e. The van der Waals surface area contributed by atoms with Crippen LogP contribution in [0.25, 0.3) is 0 Å². The average Bonchev–Trinajstić information content (AvgIpc) is 2.42. The lowest BCUT2D eigenvalue weighted by Gasteiger charge is -2.07. The second-order valence-electron chi connectivity index (χ2n) is 3.67. The zero-order valence-corrected chi connectivity index (χ0v) is 10.5. The minimum Gasteiger partial charge on any atom is -0.444 e. The van der Waals surface area contributed by atoms with Crippen LogP contribution in [0.4, 0.5) is 14.9 Å². The number of nitrogens with zero attached hydrogens (tertiary/aromatic N) is 1. The van der Waals surface area contributed by atoms with E-state index < -0.39 is 11.9 Å². The number of ether oxygens (including phenoxy) is 1. The second kappa shape index (κ2) is 6.15. The summed E-state index contributed by atoms with van der Waals surface area (Å²) in [6.07, 6.45) is 0.166. The van der Waals surface area contributed by atoms with Gasteiger partial charge in [-0.05, 0) is 5.56 Å². The van der Waals surface area contributed by atoms with Gasteiger partial charge in [-0.3, -0.25) is 5.32 Å². The van der Waals surface area contributed by atoms with E-state index in [-0.39, 0.29) is 17.4 Å². The summed E-state index contributed by atoms with van der Waals surface area (Å²) in [5, 5.41) is 2.34. The molecule has 0 atom stereocenters. The van der Waals surface area contributed by atoms with Gasteiger partial charge in [0.25, 0.3) is 0 Å². The summed E-state index contributed by atoms with van der Waals surface area (Å²) in [6.45, 7) is 0.104. The van der Waals surface area contributed by atoms with Crippen molar-refractivity contribution in [3.8, 4) is 0 Å². The highest BCUT2D eigenvalue weighted by molar-refractivity contribution is 6.29. The fraction of sp³-hybridized carbons (Fsp3) is 0.0769. The van der Waals surface area contributed by atoms with Gasteiger partial charge in [-0.15, -0.1) is 0 Å². The zero-order chi connectivity index (χ0) is 13.7. The van der Waals surface area contributed by atoms with Gasteiger partial charge in [0.1, 0.15) is 11.8 Å². The molecule has 0 aliphatic carbocycles. The van der Waals surface area contributed by atoms with Gasteiger partial charge in [-0.25, -0.2) is 14.2 Å². The quantitative estimate of drug-likeness (QED) is 0.874. The Hall–Kier alpha value is -2.14. The molecule has 98 valence electrons. The van der Waals surface area contributed by atoms with Crippen molar-refractivity contribution in [2.24, 2.45) is 0 Å². The Balaban J connectivity index is 1.93. The predicted molar refractivity (Wildman–Crippen MR) is 69.5 cm³/mol. The van der Waals surface area contributed by atoms with Crippen LogP contribution in [0.1, 0.15) is 5.56 Å². The number of halogens is 2. The van der Waals surface area contributed by atoms with E-state index in [0.717, 1.165) is 11.8 Å². The fourth-order valence-electron chi connectivity index (χ4n) is 1.38. The molecule has 1 aromatic carbocycles. The molecule has 6 heteroatoms. The van der Waals surface area contributed by atoms with E-state index in [0.29, 0.717) is 0 Å². The Labute approximate surface area is 114 Å². The molecule has 19 heavy (non-hydrogen) atoms. The van der Waals surface area contributed by atoms with Gasteiger partial charge in [0.2, 0.25) is 0 Å². The van der Waals surface area contributed by atoms with Crippen LogP contribution >= 0.6 is 11.6 Å². The first-order valence-corrected chi connectivity index (χ1v) is 5.81. The molecule has 2 aromatic rings. The molecule has 0 unspecified atom stereocenters. The number of hydrogen-bond acceptors (Lipinski definition) is 3. The number of benzene rings is 1. The molecule has 0 bridgehead atoms. The van der Waals surface area contributed by atoms with Crippen LogP contribution in [0, 0.1) is 5.82 Å². The number of nitrogens with one attached hydrogen (secondary N) is 1. The molecule has 0 radical (unpaired) electrons. The van der Waals surface area contributed by atoms with Crippen molar-refractivity contribution in [3.63, 3.8) is 0 Å². The topological polar surface area (TPSA) is 51.2 Å². The standard InChI is InChI=1S/C13H10ClFN2O2/c14-12-6-11(10(15)7-16-12)17-13(18)19-8-9-4-2-1-3-5-9/h1-7H,8H2,(H,16,17,18). The van der Waals surface area contributed by atoms with Gasteiger partial charge in [0, 0.05) is 6.07 Å². The normalized spacial score (nSPS) is 10.0. The number of carbonyl (C=O) groups is 1. The number of hydrogen-bond donors (Lipinski definition) is 1. The minimum atomic E-state index is -0.759. The Morgan fingerprint density at radius 1 is 1.37 bits per heavy atom. The Bertz CT molecular complexity index is 578. The number of pyridine rings is 1. The number of carbonyl (C=O) groups excluding carboxylic acids is 1. The van der Waals surface area contributed by atoms with Gasteiger partial charge in [0.15, 0.2) is 5.82 Å². The molecule has 1 N–H and O–H groups in total. The Morgan fingerprint density at radius 2 is 2.11 bits per heavy atom. The van der Waals surface area contributed by atoms with E-state index in [4.69, 9.17) is 16.3 Å². The summed E-state index contributed by atoms with van der Waals surface area (Å²) < 4.78 is 18.2. The summed E-state index contributed by atoms with van der Waals surface area (Å²) in [5.41, 5.74) is 0.768. The van der Waals surface area contributed by atoms with E-state index in [9.17, 15) is 9.18 Å². The van der Waals surface area contributed by atoms with Crippen LogP contribution in [0.2, 0.25) is 5.15 Å². The molecule has 1 aromatic heterocycles. The van der Waals surface area contributed by atoms with Gasteiger partial charge >= 0.3 is 6.09 Å². The molecular weight excluding hydrogens is 271 g/mol. The van der Waals surface area contributed by atoms with E-state index in [1.54, 1.807) is 0 Å². The summed E-state index contributed by atoms with van der Waals surface area (Å²) in [6, 6.07) is 10.4. The number of rotatable bonds is 3. The molecule has 0 saturated heterocycles. The summed E-state index contributed by atoms with van der Waals surface area (Å²) >= 11 is 5.60. The molecule has 1 amide bonds. The summed E-state index contributed by atoms with van der Waals surface area (Å²) in [7, 11) is 0. The van der Waals surface area contributed by atoms with Crippen LogP contribution in [0.15, 0.2) is 42.6 Å². The van der Waals surface area contributed by atoms with Crippen LogP contribution in [0.5, 0.6) is 0 Å². The monoisotopic (exact) mass is 280 g/mol. The highest BCUT2D eigenvalue weighted by Gasteiger charge is 2.09. The fourth-order valence-corrected chi connectivity index (χ4v) is 1.54. The van der Waals surface area contributed by atoms with E-state index in [2.05, 4.69) is 10.3 Å². The first-order chi connectivity index (χ1) is 9.15.